The van der Waals surface area contributed by atoms with Gasteiger partial charge >= 0.3 is 5.97 Å². The third-order valence-electron chi connectivity index (χ3n) is 5.81. The van der Waals surface area contributed by atoms with Gasteiger partial charge in [-0.1, -0.05) is 18.2 Å². The first-order valence-corrected chi connectivity index (χ1v) is 11.4. The Morgan fingerprint density at radius 1 is 1.09 bits per heavy atom. The van der Waals surface area contributed by atoms with E-state index < -0.39 is 0 Å². The lowest BCUT2D eigenvalue weighted by atomic mass is 9.99. The average molecular weight is 448 g/mol. The maximum Gasteiger partial charge on any atom is 0.334 e. The van der Waals surface area contributed by atoms with Gasteiger partial charge < -0.3 is 20.1 Å². The Hall–Kier alpha value is -3.45. The molecule has 0 aliphatic carbocycles. The van der Waals surface area contributed by atoms with Gasteiger partial charge in [0.1, 0.15) is 5.84 Å². The number of carbonyl (C=O) groups excluding carboxylic acids is 2. The fourth-order valence-electron chi connectivity index (χ4n) is 4.12. The minimum atomic E-state index is -0.376. The molecule has 7 nitrogen and oxygen atoms in total. The number of hydrogen-bond acceptors (Lipinski definition) is 6. The van der Waals surface area contributed by atoms with E-state index in [-0.39, 0.29) is 18.5 Å². The van der Waals surface area contributed by atoms with Crippen LogP contribution in [0.2, 0.25) is 0 Å². The molecule has 0 saturated carbocycles. The van der Waals surface area contributed by atoms with E-state index in [4.69, 9.17) is 9.84 Å². The number of esters is 1. The number of rotatable bonds is 6. The molecule has 7 heteroatoms. The molecule has 1 fully saturated rings. The quantitative estimate of drug-likeness (QED) is 0.661. The predicted molar refractivity (Wildman–Crippen MR) is 128 cm³/mol. The summed E-state index contributed by atoms with van der Waals surface area (Å²) in [6.07, 6.45) is 4.26. The van der Waals surface area contributed by atoms with Crippen LogP contribution >= 0.6 is 0 Å². The van der Waals surface area contributed by atoms with E-state index >= 15 is 0 Å². The maximum atomic E-state index is 12.6. The van der Waals surface area contributed by atoms with Crippen LogP contribution in [0, 0.1) is 0 Å². The number of fused-ring (bicyclic) bond motifs is 1. The summed E-state index contributed by atoms with van der Waals surface area (Å²) >= 11 is 0. The molecule has 0 radical (unpaired) electrons. The van der Waals surface area contributed by atoms with Crippen LogP contribution in [0.1, 0.15) is 42.1 Å². The summed E-state index contributed by atoms with van der Waals surface area (Å²) in [6.45, 7) is 4.05. The van der Waals surface area contributed by atoms with E-state index in [0.717, 1.165) is 48.3 Å². The zero-order valence-electron chi connectivity index (χ0n) is 18.8. The van der Waals surface area contributed by atoms with Crippen molar-refractivity contribution in [2.75, 3.05) is 32.8 Å². The normalized spacial score (nSPS) is 15.3. The van der Waals surface area contributed by atoms with Gasteiger partial charge in [-0.2, -0.15) is 0 Å². The molecule has 2 aromatic rings. The average Bonchev–Trinajstić information content (AvgIpc) is 3.31. The number of aliphatic hydroxyl groups excluding tert-OH is 1. The van der Waals surface area contributed by atoms with Crippen molar-refractivity contribution in [3.63, 3.8) is 0 Å². The standard InChI is InChI=1S/C26H29N3O4/c1-2-33-26(32)22-16-21-15-20(9-10-23(21)28-24(17-22)27-11-14-30)18-5-7-19(8-6-18)25(31)29-12-3-4-13-29/h5-10,15-16,30H,2-4,11-14,17H2,1H3,(H,27,28). The summed E-state index contributed by atoms with van der Waals surface area (Å²) in [7, 11) is 0. The molecule has 33 heavy (non-hydrogen) atoms. The first-order valence-electron chi connectivity index (χ1n) is 11.4. The molecular formula is C26H29N3O4. The minimum Gasteiger partial charge on any atom is -0.463 e. The molecule has 1 amide bonds. The van der Waals surface area contributed by atoms with E-state index in [2.05, 4.69) is 10.3 Å². The van der Waals surface area contributed by atoms with Crippen molar-refractivity contribution in [3.05, 3.63) is 59.2 Å². The van der Waals surface area contributed by atoms with E-state index in [1.54, 1.807) is 6.92 Å². The van der Waals surface area contributed by atoms with Gasteiger partial charge in [0.05, 0.1) is 18.9 Å². The fraction of sp³-hybridized carbons (Fsp3) is 0.346. The SMILES string of the molecule is CCOC(=O)C1=Cc2cc(-c3ccc(C(=O)N4CCCC4)cc3)ccc2N=C(NCCO)C1. The smallest absolute Gasteiger partial charge is 0.334 e. The lowest BCUT2D eigenvalue weighted by Crippen LogP contribution is -2.27. The molecule has 0 unspecified atom stereocenters. The van der Waals surface area contributed by atoms with Gasteiger partial charge in [-0.25, -0.2) is 9.79 Å². The molecule has 0 aromatic heterocycles. The Labute approximate surface area is 193 Å². The van der Waals surface area contributed by atoms with Crippen LogP contribution in [0.3, 0.4) is 0 Å². The summed E-state index contributed by atoms with van der Waals surface area (Å²) < 4.78 is 5.22. The second-order valence-corrected chi connectivity index (χ2v) is 8.13. The summed E-state index contributed by atoms with van der Waals surface area (Å²) in [5.41, 5.74) is 4.70. The molecule has 4 rings (SSSR count). The van der Waals surface area contributed by atoms with Crippen molar-refractivity contribution in [1.82, 2.24) is 10.2 Å². The molecule has 0 spiro atoms. The van der Waals surface area contributed by atoms with Crippen LogP contribution in [-0.4, -0.2) is 60.6 Å². The molecule has 2 N–H and O–H groups in total. The van der Waals surface area contributed by atoms with Gasteiger partial charge in [0, 0.05) is 42.8 Å². The van der Waals surface area contributed by atoms with Crippen molar-refractivity contribution in [3.8, 4) is 11.1 Å². The molecule has 2 aromatic carbocycles. The fourth-order valence-corrected chi connectivity index (χ4v) is 4.12. The number of likely N-dealkylation sites (tertiary alicyclic amines) is 1. The Balaban J connectivity index is 1.63. The highest BCUT2D eigenvalue weighted by atomic mass is 16.5. The van der Waals surface area contributed by atoms with Gasteiger partial charge in [0.2, 0.25) is 0 Å². The summed E-state index contributed by atoms with van der Waals surface area (Å²) in [6, 6.07) is 13.5. The lowest BCUT2D eigenvalue weighted by Gasteiger charge is -2.15. The number of aliphatic hydroxyl groups is 1. The van der Waals surface area contributed by atoms with Gasteiger partial charge in [0.15, 0.2) is 0 Å². The zero-order chi connectivity index (χ0) is 23.2. The van der Waals surface area contributed by atoms with Crippen LogP contribution in [0.4, 0.5) is 5.69 Å². The number of carbonyl (C=O) groups is 2. The number of hydrogen-bond donors (Lipinski definition) is 2. The Morgan fingerprint density at radius 3 is 2.52 bits per heavy atom. The molecule has 0 atom stereocenters. The number of benzene rings is 2. The van der Waals surface area contributed by atoms with E-state index in [0.29, 0.717) is 36.5 Å². The monoisotopic (exact) mass is 447 g/mol. The second kappa shape index (κ2) is 10.4. The third kappa shape index (κ3) is 5.31. The van der Waals surface area contributed by atoms with E-state index in [9.17, 15) is 9.59 Å². The Kier molecular flexibility index (Phi) is 7.19. The number of amidine groups is 1. The third-order valence-corrected chi connectivity index (χ3v) is 5.81. The van der Waals surface area contributed by atoms with Crippen LogP contribution < -0.4 is 5.32 Å². The molecule has 2 heterocycles. The van der Waals surface area contributed by atoms with Crippen molar-refractivity contribution in [2.24, 2.45) is 4.99 Å². The summed E-state index contributed by atoms with van der Waals surface area (Å²) in [5.74, 6) is 0.318. The van der Waals surface area contributed by atoms with Crippen molar-refractivity contribution >= 4 is 29.5 Å². The molecule has 1 saturated heterocycles. The summed E-state index contributed by atoms with van der Waals surface area (Å²) in [4.78, 5) is 31.7. The largest absolute Gasteiger partial charge is 0.463 e. The highest BCUT2D eigenvalue weighted by molar-refractivity contribution is 6.03. The molecule has 2 aliphatic rings. The predicted octanol–water partition coefficient (Wildman–Crippen LogP) is 3.55. The second-order valence-electron chi connectivity index (χ2n) is 8.13. The summed E-state index contributed by atoms with van der Waals surface area (Å²) in [5, 5.41) is 12.2. The van der Waals surface area contributed by atoms with Crippen molar-refractivity contribution in [2.45, 2.75) is 26.2 Å². The molecule has 172 valence electrons. The zero-order valence-corrected chi connectivity index (χ0v) is 18.8. The van der Waals surface area contributed by atoms with Crippen LogP contribution in [0.15, 0.2) is 53.0 Å². The van der Waals surface area contributed by atoms with Gasteiger partial charge in [-0.05, 0) is 61.2 Å². The van der Waals surface area contributed by atoms with Crippen LogP contribution in [-0.2, 0) is 9.53 Å². The Morgan fingerprint density at radius 2 is 1.82 bits per heavy atom. The van der Waals surface area contributed by atoms with E-state index in [1.807, 2.05) is 53.4 Å². The van der Waals surface area contributed by atoms with E-state index in [1.165, 1.54) is 0 Å². The lowest BCUT2D eigenvalue weighted by molar-refractivity contribution is -0.138. The van der Waals surface area contributed by atoms with Crippen LogP contribution in [0.5, 0.6) is 0 Å². The number of nitrogens with one attached hydrogen (secondary N) is 1. The topological polar surface area (TPSA) is 91.2 Å². The van der Waals surface area contributed by atoms with Crippen molar-refractivity contribution in [1.29, 1.82) is 0 Å². The van der Waals surface area contributed by atoms with Gasteiger partial charge in [-0.3, -0.25) is 4.79 Å². The Bertz CT molecular complexity index is 1080. The number of nitrogens with zero attached hydrogens (tertiary/aromatic N) is 2. The van der Waals surface area contributed by atoms with Crippen molar-refractivity contribution < 1.29 is 19.4 Å². The number of aliphatic imine (C=N–C) groups is 1. The van der Waals surface area contributed by atoms with Crippen LogP contribution in [0.25, 0.3) is 17.2 Å². The number of ether oxygens (including phenoxy) is 1. The molecule has 0 bridgehead atoms. The minimum absolute atomic E-state index is 0.0282. The maximum absolute atomic E-state index is 12.6. The molecular weight excluding hydrogens is 418 g/mol. The highest BCUT2D eigenvalue weighted by Gasteiger charge is 2.20. The van der Waals surface area contributed by atoms with Gasteiger partial charge in [0.25, 0.3) is 5.91 Å². The number of amides is 1. The molecule has 2 aliphatic heterocycles. The first kappa shape index (κ1) is 22.7. The van der Waals surface area contributed by atoms with Gasteiger partial charge in [-0.15, -0.1) is 0 Å². The first-order chi connectivity index (χ1) is 16.1. The highest BCUT2D eigenvalue weighted by Crippen LogP contribution is 2.32.